The fraction of sp³-hybridized carbons (Fsp3) is 0.300. The van der Waals surface area contributed by atoms with Crippen LogP contribution in [-0.2, 0) is 22.6 Å². The second-order valence-corrected chi connectivity index (χ2v) is 5.88. The topological polar surface area (TPSA) is 75.6 Å². The van der Waals surface area contributed by atoms with E-state index in [2.05, 4.69) is 17.4 Å². The molecule has 0 fully saturated rings. The van der Waals surface area contributed by atoms with E-state index in [0.29, 0.717) is 19.6 Å². The molecular weight excluding hydrogens is 318 g/mol. The van der Waals surface area contributed by atoms with E-state index in [4.69, 9.17) is 9.84 Å². The Labute approximate surface area is 147 Å². The summed E-state index contributed by atoms with van der Waals surface area (Å²) >= 11 is 0. The molecule has 132 valence electrons. The highest BCUT2D eigenvalue weighted by molar-refractivity contribution is 5.80. The smallest absolute Gasteiger partial charge is 0.303 e. The summed E-state index contributed by atoms with van der Waals surface area (Å²) < 4.78 is 5.91. The summed E-state index contributed by atoms with van der Waals surface area (Å²) in [6.07, 6.45) is 0.478. The maximum atomic E-state index is 11.6. The van der Waals surface area contributed by atoms with Gasteiger partial charge in [-0.25, -0.2) is 0 Å². The number of amides is 1. The van der Waals surface area contributed by atoms with Gasteiger partial charge in [0.1, 0.15) is 12.4 Å². The molecule has 0 aromatic heterocycles. The Balaban J connectivity index is 1.84. The number of ether oxygens (including phenoxy) is 1. The summed E-state index contributed by atoms with van der Waals surface area (Å²) in [4.78, 5) is 22.0. The average molecular weight is 341 g/mol. The molecule has 2 N–H and O–H groups in total. The van der Waals surface area contributed by atoms with Crippen molar-refractivity contribution < 1.29 is 19.4 Å². The van der Waals surface area contributed by atoms with Crippen molar-refractivity contribution in [1.29, 1.82) is 0 Å². The molecule has 2 rings (SSSR count). The quantitative estimate of drug-likeness (QED) is 0.735. The number of carbonyl (C=O) groups is 2. The van der Waals surface area contributed by atoms with Crippen LogP contribution in [0.25, 0.3) is 0 Å². The Bertz CT molecular complexity index is 710. The number of carbonyl (C=O) groups excluding carboxylic acids is 1. The minimum absolute atomic E-state index is 0.000897. The van der Waals surface area contributed by atoms with Crippen molar-refractivity contribution in [3.05, 3.63) is 65.2 Å². The van der Waals surface area contributed by atoms with Gasteiger partial charge in [0.2, 0.25) is 5.91 Å². The fourth-order valence-electron chi connectivity index (χ4n) is 2.34. The maximum Gasteiger partial charge on any atom is 0.303 e. The zero-order valence-electron chi connectivity index (χ0n) is 14.3. The Hall–Kier alpha value is -2.82. The first kappa shape index (κ1) is 18.5. The standard InChI is InChI=1S/C20H23NO4/c1-15-6-8-16(9-7-15)14-25-18-5-3-2-4-17(18)12-13-21-19(22)10-11-20(23)24/h2-9H,10-14H2,1H3,(H,21,22)(H,23,24). The molecule has 0 aliphatic heterocycles. The number of para-hydroxylation sites is 1. The second kappa shape index (κ2) is 9.47. The lowest BCUT2D eigenvalue weighted by atomic mass is 10.1. The predicted octanol–water partition coefficient (Wildman–Crippen LogP) is 3.10. The Morgan fingerprint density at radius 1 is 1.04 bits per heavy atom. The Kier molecular flexibility index (Phi) is 7.01. The Morgan fingerprint density at radius 3 is 2.48 bits per heavy atom. The van der Waals surface area contributed by atoms with Crippen molar-refractivity contribution in [2.24, 2.45) is 0 Å². The Morgan fingerprint density at radius 2 is 1.76 bits per heavy atom. The van der Waals surface area contributed by atoms with Crippen molar-refractivity contribution in [2.45, 2.75) is 32.8 Å². The lowest BCUT2D eigenvalue weighted by Crippen LogP contribution is -2.26. The number of aryl methyl sites for hydroxylation is 1. The van der Waals surface area contributed by atoms with Crippen LogP contribution < -0.4 is 10.1 Å². The van der Waals surface area contributed by atoms with Gasteiger partial charge in [0, 0.05) is 13.0 Å². The van der Waals surface area contributed by atoms with Crippen LogP contribution in [0.5, 0.6) is 5.75 Å². The molecule has 0 saturated heterocycles. The van der Waals surface area contributed by atoms with Crippen LogP contribution in [-0.4, -0.2) is 23.5 Å². The molecule has 0 aliphatic carbocycles. The third kappa shape index (κ3) is 6.67. The van der Waals surface area contributed by atoms with E-state index in [-0.39, 0.29) is 18.7 Å². The molecule has 0 atom stereocenters. The van der Waals surface area contributed by atoms with Crippen LogP contribution in [0.3, 0.4) is 0 Å². The van der Waals surface area contributed by atoms with Crippen molar-refractivity contribution in [3.8, 4) is 5.75 Å². The molecule has 0 aliphatic rings. The number of nitrogens with one attached hydrogen (secondary N) is 1. The first-order chi connectivity index (χ1) is 12.0. The number of carboxylic acid groups (broad SMARTS) is 1. The van der Waals surface area contributed by atoms with Gasteiger partial charge in [-0.1, -0.05) is 48.0 Å². The molecule has 5 heteroatoms. The third-order valence-electron chi connectivity index (χ3n) is 3.77. The predicted molar refractivity (Wildman–Crippen MR) is 95.5 cm³/mol. The van der Waals surface area contributed by atoms with Gasteiger partial charge in [-0.15, -0.1) is 0 Å². The first-order valence-corrected chi connectivity index (χ1v) is 8.29. The highest BCUT2D eigenvalue weighted by Gasteiger charge is 2.07. The van der Waals surface area contributed by atoms with Gasteiger partial charge in [0.25, 0.3) is 0 Å². The zero-order chi connectivity index (χ0) is 18.1. The van der Waals surface area contributed by atoms with Gasteiger partial charge < -0.3 is 15.2 Å². The van der Waals surface area contributed by atoms with Crippen LogP contribution in [0.15, 0.2) is 48.5 Å². The summed E-state index contributed by atoms with van der Waals surface area (Å²) in [5.41, 5.74) is 3.32. The van der Waals surface area contributed by atoms with Gasteiger partial charge in [-0.3, -0.25) is 9.59 Å². The van der Waals surface area contributed by atoms with E-state index in [1.165, 1.54) is 5.56 Å². The highest BCUT2D eigenvalue weighted by Crippen LogP contribution is 2.20. The van der Waals surface area contributed by atoms with Gasteiger partial charge in [-0.05, 0) is 30.5 Å². The number of aliphatic carboxylic acids is 1. The minimum atomic E-state index is -0.968. The van der Waals surface area contributed by atoms with Gasteiger partial charge in [0.15, 0.2) is 0 Å². The van der Waals surface area contributed by atoms with Gasteiger partial charge in [-0.2, -0.15) is 0 Å². The van der Waals surface area contributed by atoms with Crippen LogP contribution in [0.1, 0.15) is 29.5 Å². The van der Waals surface area contributed by atoms with E-state index in [1.807, 2.05) is 43.3 Å². The zero-order valence-corrected chi connectivity index (χ0v) is 14.3. The van der Waals surface area contributed by atoms with Crippen LogP contribution in [0.4, 0.5) is 0 Å². The van der Waals surface area contributed by atoms with E-state index in [0.717, 1.165) is 16.9 Å². The monoisotopic (exact) mass is 341 g/mol. The molecule has 0 saturated carbocycles. The highest BCUT2D eigenvalue weighted by atomic mass is 16.5. The maximum absolute atomic E-state index is 11.6. The molecule has 0 bridgehead atoms. The van der Waals surface area contributed by atoms with Crippen LogP contribution >= 0.6 is 0 Å². The van der Waals surface area contributed by atoms with Gasteiger partial charge in [0.05, 0.1) is 6.42 Å². The number of rotatable bonds is 9. The third-order valence-corrected chi connectivity index (χ3v) is 3.77. The van der Waals surface area contributed by atoms with Crippen LogP contribution in [0.2, 0.25) is 0 Å². The van der Waals surface area contributed by atoms with Crippen molar-refractivity contribution in [1.82, 2.24) is 5.32 Å². The molecule has 1 amide bonds. The lowest BCUT2D eigenvalue weighted by molar-refractivity contribution is -0.138. The lowest BCUT2D eigenvalue weighted by Gasteiger charge is -2.12. The fourth-order valence-corrected chi connectivity index (χ4v) is 2.34. The summed E-state index contributed by atoms with van der Waals surface area (Å²) in [5, 5.41) is 11.3. The van der Waals surface area contributed by atoms with Crippen molar-refractivity contribution in [2.75, 3.05) is 6.54 Å². The summed E-state index contributed by atoms with van der Waals surface area (Å²) in [7, 11) is 0. The number of benzene rings is 2. The molecule has 5 nitrogen and oxygen atoms in total. The summed E-state index contributed by atoms with van der Waals surface area (Å²) in [5.74, 6) is -0.423. The summed E-state index contributed by atoms with van der Waals surface area (Å²) in [6.45, 7) is 2.98. The van der Waals surface area contributed by atoms with E-state index in [9.17, 15) is 9.59 Å². The second-order valence-electron chi connectivity index (χ2n) is 5.88. The van der Waals surface area contributed by atoms with E-state index in [1.54, 1.807) is 0 Å². The first-order valence-electron chi connectivity index (χ1n) is 8.29. The molecule has 0 radical (unpaired) electrons. The molecule has 0 heterocycles. The largest absolute Gasteiger partial charge is 0.489 e. The molecular formula is C20H23NO4. The number of hydrogen-bond donors (Lipinski definition) is 2. The molecule has 0 spiro atoms. The molecule has 25 heavy (non-hydrogen) atoms. The van der Waals surface area contributed by atoms with Gasteiger partial charge >= 0.3 is 5.97 Å². The van der Waals surface area contributed by atoms with Crippen LogP contribution in [0, 0.1) is 6.92 Å². The molecule has 2 aromatic carbocycles. The van der Waals surface area contributed by atoms with Crippen molar-refractivity contribution in [3.63, 3.8) is 0 Å². The number of hydrogen-bond acceptors (Lipinski definition) is 3. The SMILES string of the molecule is Cc1ccc(COc2ccccc2CCNC(=O)CCC(=O)O)cc1. The number of carboxylic acids is 1. The van der Waals surface area contributed by atoms with E-state index >= 15 is 0 Å². The summed E-state index contributed by atoms with van der Waals surface area (Å²) in [6, 6.07) is 15.9. The van der Waals surface area contributed by atoms with Crippen molar-refractivity contribution >= 4 is 11.9 Å². The molecule has 0 unspecified atom stereocenters. The minimum Gasteiger partial charge on any atom is -0.489 e. The normalized spacial score (nSPS) is 10.3. The average Bonchev–Trinajstić information content (AvgIpc) is 2.60. The van der Waals surface area contributed by atoms with E-state index < -0.39 is 5.97 Å². The molecule has 2 aromatic rings.